The maximum absolute atomic E-state index is 11.7. The topological polar surface area (TPSA) is 62.5 Å². The van der Waals surface area contributed by atoms with Crippen LogP contribution in [0.2, 0.25) is 0 Å². The predicted molar refractivity (Wildman–Crippen MR) is 63.6 cm³/mol. The van der Waals surface area contributed by atoms with Crippen LogP contribution in [0.25, 0.3) is 0 Å². The molecule has 1 aromatic heterocycles. The van der Waals surface area contributed by atoms with E-state index in [1.807, 2.05) is 0 Å². The van der Waals surface area contributed by atoms with Crippen molar-refractivity contribution in [3.63, 3.8) is 0 Å². The number of aliphatic hydroxyl groups excluding tert-OH is 1. The standard InChI is InChI=1S/C13H19NO3/c15-10-13(6-2-1-3-7-13)9-14-12(16)11-5-4-8-17-11/h4-5,8,15H,1-3,6-7,9-10H2,(H,14,16). The fourth-order valence-electron chi connectivity index (χ4n) is 2.46. The largest absolute Gasteiger partial charge is 0.459 e. The lowest BCUT2D eigenvalue weighted by Crippen LogP contribution is -2.41. The van der Waals surface area contributed by atoms with E-state index >= 15 is 0 Å². The molecule has 2 rings (SSSR count). The number of amides is 1. The van der Waals surface area contributed by atoms with Crippen LogP contribution in [0.15, 0.2) is 22.8 Å². The zero-order valence-electron chi connectivity index (χ0n) is 9.95. The van der Waals surface area contributed by atoms with Crippen LogP contribution >= 0.6 is 0 Å². The van der Waals surface area contributed by atoms with E-state index in [1.54, 1.807) is 12.1 Å². The van der Waals surface area contributed by atoms with Gasteiger partial charge in [-0.15, -0.1) is 0 Å². The fourth-order valence-corrected chi connectivity index (χ4v) is 2.46. The maximum atomic E-state index is 11.7. The number of nitrogens with one attached hydrogen (secondary N) is 1. The highest BCUT2D eigenvalue weighted by atomic mass is 16.3. The Labute approximate surface area is 101 Å². The quantitative estimate of drug-likeness (QED) is 0.841. The van der Waals surface area contributed by atoms with Crippen LogP contribution in [-0.4, -0.2) is 24.2 Å². The summed E-state index contributed by atoms with van der Waals surface area (Å²) in [5, 5.41) is 12.4. The zero-order valence-corrected chi connectivity index (χ0v) is 9.95. The Bertz CT molecular complexity index is 353. The number of carbonyl (C=O) groups is 1. The minimum absolute atomic E-state index is 0.125. The zero-order chi connectivity index (χ0) is 12.1. The summed E-state index contributed by atoms with van der Waals surface area (Å²) in [7, 11) is 0. The highest BCUT2D eigenvalue weighted by molar-refractivity contribution is 5.91. The Morgan fingerprint density at radius 1 is 1.41 bits per heavy atom. The van der Waals surface area contributed by atoms with E-state index in [2.05, 4.69) is 5.32 Å². The number of hydrogen-bond donors (Lipinski definition) is 2. The Morgan fingerprint density at radius 3 is 2.76 bits per heavy atom. The highest BCUT2D eigenvalue weighted by Crippen LogP contribution is 2.35. The number of aliphatic hydroxyl groups is 1. The molecule has 1 saturated carbocycles. The van der Waals surface area contributed by atoms with Gasteiger partial charge in [0, 0.05) is 12.0 Å². The van der Waals surface area contributed by atoms with Gasteiger partial charge in [0.25, 0.3) is 5.91 Å². The Hall–Kier alpha value is -1.29. The first-order valence-electron chi connectivity index (χ1n) is 6.18. The van der Waals surface area contributed by atoms with E-state index in [0.717, 1.165) is 25.7 Å². The second-order valence-electron chi connectivity index (χ2n) is 4.88. The second kappa shape index (κ2) is 5.36. The van der Waals surface area contributed by atoms with Gasteiger partial charge in [-0.1, -0.05) is 19.3 Å². The van der Waals surface area contributed by atoms with Gasteiger partial charge in [-0.2, -0.15) is 0 Å². The molecule has 4 nitrogen and oxygen atoms in total. The van der Waals surface area contributed by atoms with Crippen LogP contribution in [0, 0.1) is 5.41 Å². The second-order valence-corrected chi connectivity index (χ2v) is 4.88. The molecule has 1 fully saturated rings. The van der Waals surface area contributed by atoms with Crippen molar-refractivity contribution in [3.8, 4) is 0 Å². The lowest BCUT2D eigenvalue weighted by molar-refractivity contribution is 0.0704. The predicted octanol–water partition coefficient (Wildman–Crippen LogP) is 1.95. The van der Waals surface area contributed by atoms with Crippen molar-refractivity contribution >= 4 is 5.91 Å². The molecule has 1 amide bonds. The first-order valence-corrected chi connectivity index (χ1v) is 6.18. The summed E-state index contributed by atoms with van der Waals surface area (Å²) < 4.78 is 5.03. The van der Waals surface area contributed by atoms with Gasteiger partial charge in [0.1, 0.15) is 0 Å². The minimum Gasteiger partial charge on any atom is -0.459 e. The van der Waals surface area contributed by atoms with E-state index in [9.17, 15) is 9.90 Å². The van der Waals surface area contributed by atoms with E-state index < -0.39 is 0 Å². The van der Waals surface area contributed by atoms with Gasteiger partial charge < -0.3 is 14.8 Å². The number of furan rings is 1. The first kappa shape index (κ1) is 12.2. The molecule has 17 heavy (non-hydrogen) atoms. The third-order valence-corrected chi connectivity index (χ3v) is 3.62. The van der Waals surface area contributed by atoms with E-state index in [-0.39, 0.29) is 17.9 Å². The van der Waals surface area contributed by atoms with Crippen molar-refractivity contribution < 1.29 is 14.3 Å². The van der Waals surface area contributed by atoms with Gasteiger partial charge in [0.15, 0.2) is 5.76 Å². The summed E-state index contributed by atoms with van der Waals surface area (Å²) in [6.45, 7) is 0.675. The van der Waals surface area contributed by atoms with Gasteiger partial charge in [-0.05, 0) is 25.0 Å². The lowest BCUT2D eigenvalue weighted by atomic mass is 9.74. The van der Waals surface area contributed by atoms with Gasteiger partial charge in [-0.3, -0.25) is 4.79 Å². The van der Waals surface area contributed by atoms with Gasteiger partial charge in [-0.25, -0.2) is 0 Å². The van der Waals surface area contributed by atoms with Crippen molar-refractivity contribution in [1.82, 2.24) is 5.32 Å². The van der Waals surface area contributed by atoms with E-state index in [0.29, 0.717) is 12.3 Å². The molecule has 1 aromatic rings. The molecule has 0 saturated heterocycles. The van der Waals surface area contributed by atoms with Gasteiger partial charge in [0.2, 0.25) is 0 Å². The minimum atomic E-state index is -0.201. The van der Waals surface area contributed by atoms with E-state index in [1.165, 1.54) is 12.7 Å². The number of carbonyl (C=O) groups excluding carboxylic acids is 1. The molecule has 0 spiro atoms. The normalized spacial score (nSPS) is 18.9. The van der Waals surface area contributed by atoms with Gasteiger partial charge >= 0.3 is 0 Å². The Balaban J connectivity index is 1.89. The molecular weight excluding hydrogens is 218 g/mol. The molecule has 1 heterocycles. The SMILES string of the molecule is O=C(NCC1(CO)CCCCC1)c1ccco1. The lowest BCUT2D eigenvalue weighted by Gasteiger charge is -2.35. The molecule has 0 atom stereocenters. The van der Waals surface area contributed by atoms with Crippen molar-refractivity contribution in [3.05, 3.63) is 24.2 Å². The molecule has 1 aliphatic carbocycles. The molecule has 0 aliphatic heterocycles. The highest BCUT2D eigenvalue weighted by Gasteiger charge is 2.31. The summed E-state index contributed by atoms with van der Waals surface area (Å²) in [6, 6.07) is 3.33. The average Bonchev–Trinajstić information content (AvgIpc) is 2.91. The van der Waals surface area contributed by atoms with Gasteiger partial charge in [0.05, 0.1) is 12.9 Å². The summed E-state index contributed by atoms with van der Waals surface area (Å²) in [6.07, 6.45) is 6.96. The molecule has 1 aliphatic rings. The van der Waals surface area contributed by atoms with Crippen LogP contribution < -0.4 is 5.32 Å². The van der Waals surface area contributed by atoms with Crippen molar-refractivity contribution in [2.24, 2.45) is 5.41 Å². The first-order chi connectivity index (χ1) is 8.26. The molecule has 0 radical (unpaired) electrons. The maximum Gasteiger partial charge on any atom is 0.286 e. The van der Waals surface area contributed by atoms with Crippen LogP contribution in [0.4, 0.5) is 0 Å². The Kier molecular flexibility index (Phi) is 3.84. The van der Waals surface area contributed by atoms with Crippen LogP contribution in [0.1, 0.15) is 42.7 Å². The molecule has 0 bridgehead atoms. The van der Waals surface area contributed by atoms with Crippen molar-refractivity contribution in [2.45, 2.75) is 32.1 Å². The average molecular weight is 237 g/mol. The molecular formula is C13H19NO3. The molecule has 2 N–H and O–H groups in total. The monoisotopic (exact) mass is 237 g/mol. The summed E-state index contributed by atoms with van der Waals surface area (Å²) in [5.41, 5.74) is -0.125. The molecule has 0 aromatic carbocycles. The summed E-state index contributed by atoms with van der Waals surface area (Å²) in [4.78, 5) is 11.7. The molecule has 0 unspecified atom stereocenters. The third kappa shape index (κ3) is 2.88. The fraction of sp³-hybridized carbons (Fsp3) is 0.615. The van der Waals surface area contributed by atoms with Crippen LogP contribution in [0.5, 0.6) is 0 Å². The Morgan fingerprint density at radius 2 is 2.18 bits per heavy atom. The molecule has 94 valence electrons. The summed E-state index contributed by atoms with van der Waals surface area (Å²) >= 11 is 0. The third-order valence-electron chi connectivity index (χ3n) is 3.62. The van der Waals surface area contributed by atoms with Crippen molar-refractivity contribution in [1.29, 1.82) is 0 Å². The number of rotatable bonds is 4. The van der Waals surface area contributed by atoms with E-state index in [4.69, 9.17) is 4.42 Å². The smallest absolute Gasteiger partial charge is 0.286 e. The molecule has 4 heteroatoms. The summed E-state index contributed by atoms with van der Waals surface area (Å²) in [5.74, 6) is 0.127. The van der Waals surface area contributed by atoms with Crippen LogP contribution in [-0.2, 0) is 0 Å². The number of hydrogen-bond acceptors (Lipinski definition) is 3. The van der Waals surface area contributed by atoms with Crippen LogP contribution in [0.3, 0.4) is 0 Å². The van der Waals surface area contributed by atoms with Crippen molar-refractivity contribution in [2.75, 3.05) is 13.2 Å².